The third kappa shape index (κ3) is 3.00. The highest BCUT2D eigenvalue weighted by Crippen LogP contribution is 2.41. The van der Waals surface area contributed by atoms with Crippen molar-refractivity contribution in [1.29, 1.82) is 0 Å². The van der Waals surface area contributed by atoms with Crippen LogP contribution in [0.2, 0.25) is 5.02 Å². The lowest BCUT2D eigenvalue weighted by atomic mass is 9.98. The largest absolute Gasteiger partial charge is 0.497 e. The highest BCUT2D eigenvalue weighted by atomic mass is 35.5. The number of fused-ring (bicyclic) bond motifs is 1. The van der Waals surface area contributed by atoms with Gasteiger partial charge in [-0.1, -0.05) is 54.1 Å². The van der Waals surface area contributed by atoms with Gasteiger partial charge >= 0.3 is 0 Å². The summed E-state index contributed by atoms with van der Waals surface area (Å²) in [5, 5.41) is 1.60. The van der Waals surface area contributed by atoms with E-state index in [1.165, 1.54) is 11.3 Å². The van der Waals surface area contributed by atoms with Crippen LogP contribution in [-0.2, 0) is 0 Å². The predicted octanol–water partition coefficient (Wildman–Crippen LogP) is 6.46. The molecule has 0 fully saturated rings. The van der Waals surface area contributed by atoms with E-state index in [-0.39, 0.29) is 5.78 Å². The third-order valence-corrected chi connectivity index (χ3v) is 5.64. The van der Waals surface area contributed by atoms with Crippen LogP contribution in [0, 0.1) is 0 Å². The molecule has 0 aliphatic rings. The molecular formula is C22H15ClO2S. The monoisotopic (exact) mass is 378 g/mol. The molecule has 4 aromatic rings. The zero-order chi connectivity index (χ0) is 18.1. The first kappa shape index (κ1) is 16.8. The Labute approximate surface area is 160 Å². The molecule has 0 amide bonds. The van der Waals surface area contributed by atoms with Crippen molar-refractivity contribution >= 4 is 38.8 Å². The molecule has 0 aliphatic heterocycles. The molecule has 0 spiro atoms. The average Bonchev–Trinajstić information content (AvgIpc) is 3.06. The Bertz CT molecular complexity index is 1100. The lowest BCUT2D eigenvalue weighted by Gasteiger charge is -2.06. The predicted molar refractivity (Wildman–Crippen MR) is 109 cm³/mol. The first-order chi connectivity index (χ1) is 12.7. The quantitative estimate of drug-likeness (QED) is 0.381. The number of carbonyl (C=O) groups excluding carboxylic acids is 1. The average molecular weight is 379 g/mol. The minimum absolute atomic E-state index is 0.0217. The second-order valence-electron chi connectivity index (χ2n) is 5.87. The Morgan fingerprint density at radius 3 is 2.50 bits per heavy atom. The van der Waals surface area contributed by atoms with Gasteiger partial charge in [-0.05, 0) is 35.9 Å². The lowest BCUT2D eigenvalue weighted by Crippen LogP contribution is -2.00. The third-order valence-electron chi connectivity index (χ3n) is 4.25. The molecule has 128 valence electrons. The Balaban J connectivity index is 1.97. The Morgan fingerprint density at radius 1 is 0.962 bits per heavy atom. The minimum Gasteiger partial charge on any atom is -0.497 e. The first-order valence-electron chi connectivity index (χ1n) is 8.13. The molecule has 0 saturated carbocycles. The normalized spacial score (nSPS) is 10.8. The van der Waals surface area contributed by atoms with Gasteiger partial charge in [0.05, 0.1) is 12.0 Å². The number of thiophene rings is 1. The molecule has 0 unspecified atom stereocenters. The summed E-state index contributed by atoms with van der Waals surface area (Å²) in [7, 11) is 1.64. The van der Waals surface area contributed by atoms with Crippen LogP contribution in [0.3, 0.4) is 0 Å². The molecular weight excluding hydrogens is 364 g/mol. The van der Waals surface area contributed by atoms with Crippen LogP contribution in [0.5, 0.6) is 5.75 Å². The Morgan fingerprint density at radius 2 is 1.77 bits per heavy atom. The lowest BCUT2D eigenvalue weighted by molar-refractivity contribution is 0.104. The van der Waals surface area contributed by atoms with Gasteiger partial charge < -0.3 is 4.74 Å². The van der Waals surface area contributed by atoms with Gasteiger partial charge in [0.2, 0.25) is 5.78 Å². The maximum Gasteiger partial charge on any atom is 0.203 e. The molecule has 0 bridgehead atoms. The van der Waals surface area contributed by atoms with Crippen molar-refractivity contribution in [2.45, 2.75) is 0 Å². The molecule has 0 aliphatic carbocycles. The van der Waals surface area contributed by atoms with Gasteiger partial charge in [0.1, 0.15) is 5.75 Å². The standard InChI is InChI=1S/C22H15ClO2S/c1-25-17-10-11-18-19(13-17)26-22(20(18)14-6-3-2-4-7-14)21(24)15-8-5-9-16(23)12-15/h2-13H,1H3. The zero-order valence-electron chi connectivity index (χ0n) is 14.0. The van der Waals surface area contributed by atoms with Crippen molar-refractivity contribution in [1.82, 2.24) is 0 Å². The summed E-state index contributed by atoms with van der Waals surface area (Å²) < 4.78 is 6.36. The number of hydrogen-bond acceptors (Lipinski definition) is 3. The minimum atomic E-state index is -0.0217. The summed E-state index contributed by atoms with van der Waals surface area (Å²) in [6, 6.07) is 23.0. The summed E-state index contributed by atoms with van der Waals surface area (Å²) in [6.45, 7) is 0. The van der Waals surface area contributed by atoms with Crippen LogP contribution < -0.4 is 4.74 Å². The second-order valence-corrected chi connectivity index (χ2v) is 7.36. The van der Waals surface area contributed by atoms with E-state index in [2.05, 4.69) is 0 Å². The van der Waals surface area contributed by atoms with Crippen LogP contribution in [-0.4, -0.2) is 12.9 Å². The molecule has 4 heteroatoms. The van der Waals surface area contributed by atoms with E-state index in [1.807, 2.05) is 48.5 Å². The number of ether oxygens (including phenoxy) is 1. The van der Waals surface area contributed by atoms with E-state index in [0.29, 0.717) is 15.5 Å². The topological polar surface area (TPSA) is 26.3 Å². The number of ketones is 1. The molecule has 0 saturated heterocycles. The Kier molecular flexibility index (Phi) is 4.49. The molecule has 1 heterocycles. The Hall–Kier alpha value is -2.62. The number of hydrogen-bond donors (Lipinski definition) is 0. The summed E-state index contributed by atoms with van der Waals surface area (Å²) in [4.78, 5) is 13.9. The van der Waals surface area contributed by atoms with Gasteiger partial charge in [0, 0.05) is 26.2 Å². The van der Waals surface area contributed by atoms with Gasteiger partial charge in [-0.3, -0.25) is 4.79 Å². The van der Waals surface area contributed by atoms with Crippen molar-refractivity contribution < 1.29 is 9.53 Å². The summed E-state index contributed by atoms with van der Waals surface area (Å²) >= 11 is 7.57. The van der Waals surface area contributed by atoms with Crippen LogP contribution in [0.4, 0.5) is 0 Å². The molecule has 26 heavy (non-hydrogen) atoms. The summed E-state index contributed by atoms with van der Waals surface area (Å²) in [6.07, 6.45) is 0. The fourth-order valence-electron chi connectivity index (χ4n) is 3.02. The van der Waals surface area contributed by atoms with Gasteiger partial charge in [-0.25, -0.2) is 0 Å². The van der Waals surface area contributed by atoms with Gasteiger partial charge in [-0.2, -0.15) is 0 Å². The molecule has 3 aromatic carbocycles. The van der Waals surface area contributed by atoms with Crippen LogP contribution in [0.15, 0.2) is 72.8 Å². The van der Waals surface area contributed by atoms with E-state index in [4.69, 9.17) is 16.3 Å². The highest BCUT2D eigenvalue weighted by molar-refractivity contribution is 7.21. The number of carbonyl (C=O) groups is 1. The van der Waals surface area contributed by atoms with E-state index in [9.17, 15) is 4.79 Å². The van der Waals surface area contributed by atoms with E-state index in [1.54, 1.807) is 31.4 Å². The van der Waals surface area contributed by atoms with Crippen molar-refractivity contribution in [3.8, 4) is 16.9 Å². The zero-order valence-corrected chi connectivity index (χ0v) is 15.6. The molecule has 0 radical (unpaired) electrons. The van der Waals surface area contributed by atoms with Gasteiger partial charge in [0.15, 0.2) is 0 Å². The summed E-state index contributed by atoms with van der Waals surface area (Å²) in [5.74, 6) is 0.756. The second kappa shape index (κ2) is 6.94. The van der Waals surface area contributed by atoms with Crippen molar-refractivity contribution in [2.75, 3.05) is 7.11 Å². The van der Waals surface area contributed by atoms with Crippen molar-refractivity contribution in [3.63, 3.8) is 0 Å². The fourth-order valence-corrected chi connectivity index (χ4v) is 4.42. The maximum absolute atomic E-state index is 13.2. The van der Waals surface area contributed by atoms with Crippen LogP contribution in [0.25, 0.3) is 21.2 Å². The SMILES string of the molecule is COc1ccc2c(-c3ccccc3)c(C(=O)c3cccc(Cl)c3)sc2c1. The molecule has 0 N–H and O–H groups in total. The van der Waals surface area contributed by atoms with E-state index < -0.39 is 0 Å². The van der Waals surface area contributed by atoms with Crippen molar-refractivity contribution in [2.24, 2.45) is 0 Å². The molecule has 4 rings (SSSR count). The molecule has 1 aromatic heterocycles. The number of halogens is 1. The van der Waals surface area contributed by atoms with Crippen LogP contribution >= 0.6 is 22.9 Å². The van der Waals surface area contributed by atoms with Gasteiger partial charge in [0.25, 0.3) is 0 Å². The van der Waals surface area contributed by atoms with E-state index in [0.717, 1.165) is 27.0 Å². The smallest absolute Gasteiger partial charge is 0.203 e. The number of benzene rings is 3. The molecule has 0 atom stereocenters. The highest BCUT2D eigenvalue weighted by Gasteiger charge is 2.21. The number of methoxy groups -OCH3 is 1. The first-order valence-corrected chi connectivity index (χ1v) is 9.33. The number of rotatable bonds is 4. The van der Waals surface area contributed by atoms with E-state index >= 15 is 0 Å². The summed E-state index contributed by atoms with van der Waals surface area (Å²) in [5.41, 5.74) is 2.57. The van der Waals surface area contributed by atoms with Crippen LogP contribution in [0.1, 0.15) is 15.2 Å². The maximum atomic E-state index is 13.2. The fraction of sp³-hybridized carbons (Fsp3) is 0.0455. The van der Waals surface area contributed by atoms with Gasteiger partial charge in [-0.15, -0.1) is 11.3 Å². The van der Waals surface area contributed by atoms with Crippen molar-refractivity contribution in [3.05, 3.63) is 88.3 Å². The molecule has 2 nitrogen and oxygen atoms in total.